The van der Waals surface area contributed by atoms with Crippen LogP contribution < -0.4 is 11.1 Å². The average Bonchev–Trinajstić information content (AvgIpc) is 3.05. The lowest BCUT2D eigenvalue weighted by Gasteiger charge is -2.07. The maximum Gasteiger partial charge on any atom is 0.269 e. The topological polar surface area (TPSA) is 65.8 Å². The van der Waals surface area contributed by atoms with E-state index < -0.39 is 11.7 Å². The maximum absolute atomic E-state index is 14.5. The molecular weight excluding hydrogens is 368 g/mol. The van der Waals surface area contributed by atoms with Crippen LogP contribution in [0, 0.1) is 11.6 Å². The lowest BCUT2D eigenvalue weighted by molar-refractivity contribution is 0.0992. The Hall–Kier alpha value is -3.32. The third-order valence-electron chi connectivity index (χ3n) is 4.04. The Balaban J connectivity index is 1.60. The summed E-state index contributed by atoms with van der Waals surface area (Å²) in [6.45, 7) is 0. The van der Waals surface area contributed by atoms with Gasteiger partial charge in [0.2, 0.25) is 0 Å². The Bertz CT molecular complexity index is 1160. The lowest BCUT2D eigenvalue weighted by atomic mass is 10.0. The first-order valence-electron chi connectivity index (χ1n) is 7.98. The molecule has 1 aromatic heterocycles. The summed E-state index contributed by atoms with van der Waals surface area (Å²) in [5, 5.41) is 3.40. The SMILES string of the molecule is [NH]C(=O)c1ccc(-c2ccc(Nc3nc4ccc(F)cc4s3)c(F)c2)cc1. The number of carbonyl (C=O) groups excluding carboxylic acids is 1. The van der Waals surface area contributed by atoms with Crippen molar-refractivity contribution in [2.24, 2.45) is 0 Å². The normalized spacial score (nSPS) is 10.9. The van der Waals surface area contributed by atoms with Gasteiger partial charge in [-0.1, -0.05) is 29.5 Å². The summed E-state index contributed by atoms with van der Waals surface area (Å²) in [6.07, 6.45) is 0. The summed E-state index contributed by atoms with van der Waals surface area (Å²) >= 11 is 1.24. The molecule has 0 aliphatic heterocycles. The standard InChI is InChI=1S/C20H12F2N3OS/c21-14-6-8-17-18(10-14)27-20(25-17)24-16-7-5-13(9-15(16)22)11-1-3-12(4-2-11)19(23)26/h1-10,23H,(H,24,25). The highest BCUT2D eigenvalue weighted by Crippen LogP contribution is 2.31. The van der Waals surface area contributed by atoms with E-state index in [9.17, 15) is 13.6 Å². The Labute approximate surface area is 157 Å². The maximum atomic E-state index is 14.5. The van der Waals surface area contributed by atoms with Gasteiger partial charge in [-0.25, -0.2) is 13.8 Å². The number of nitrogens with one attached hydrogen (secondary N) is 2. The molecule has 0 aliphatic rings. The minimum atomic E-state index is -0.761. The second-order valence-corrected chi connectivity index (χ2v) is 6.89. The number of amides is 1. The van der Waals surface area contributed by atoms with Crippen molar-refractivity contribution in [3.05, 3.63) is 77.9 Å². The van der Waals surface area contributed by atoms with Crippen molar-refractivity contribution >= 4 is 38.3 Å². The van der Waals surface area contributed by atoms with Crippen molar-refractivity contribution in [2.75, 3.05) is 5.32 Å². The van der Waals surface area contributed by atoms with Gasteiger partial charge in [-0.15, -0.1) is 0 Å². The first kappa shape index (κ1) is 17.1. The number of hydrogen-bond acceptors (Lipinski definition) is 4. The van der Waals surface area contributed by atoms with Gasteiger partial charge in [0, 0.05) is 5.56 Å². The summed E-state index contributed by atoms with van der Waals surface area (Å²) in [5.41, 5.74) is 9.65. The van der Waals surface area contributed by atoms with E-state index in [-0.39, 0.29) is 17.1 Å². The zero-order valence-electron chi connectivity index (χ0n) is 13.8. The van der Waals surface area contributed by atoms with Crippen LogP contribution in [0.4, 0.5) is 19.6 Å². The predicted molar refractivity (Wildman–Crippen MR) is 102 cm³/mol. The van der Waals surface area contributed by atoms with E-state index in [4.69, 9.17) is 5.73 Å². The van der Waals surface area contributed by atoms with Gasteiger partial charge in [0.15, 0.2) is 5.13 Å². The first-order chi connectivity index (χ1) is 13.0. The van der Waals surface area contributed by atoms with E-state index in [0.29, 0.717) is 20.9 Å². The van der Waals surface area contributed by atoms with Crippen LogP contribution in [0.3, 0.4) is 0 Å². The third kappa shape index (κ3) is 3.50. The van der Waals surface area contributed by atoms with Crippen LogP contribution >= 0.6 is 11.3 Å². The molecule has 7 heteroatoms. The zero-order valence-corrected chi connectivity index (χ0v) is 14.6. The van der Waals surface area contributed by atoms with Crippen molar-refractivity contribution in [3.63, 3.8) is 0 Å². The molecule has 0 spiro atoms. The number of fused-ring (bicyclic) bond motifs is 1. The summed E-state index contributed by atoms with van der Waals surface area (Å²) in [7, 11) is 0. The summed E-state index contributed by atoms with van der Waals surface area (Å²) < 4.78 is 28.5. The van der Waals surface area contributed by atoms with E-state index in [1.165, 1.54) is 41.7 Å². The molecule has 0 saturated heterocycles. The van der Waals surface area contributed by atoms with E-state index in [1.807, 2.05) is 0 Å². The number of aromatic nitrogens is 1. The molecule has 0 saturated carbocycles. The molecule has 4 aromatic rings. The molecule has 1 heterocycles. The molecule has 4 rings (SSSR count). The first-order valence-corrected chi connectivity index (χ1v) is 8.80. The van der Waals surface area contributed by atoms with Gasteiger partial charge >= 0.3 is 0 Å². The molecule has 0 unspecified atom stereocenters. The molecule has 1 amide bonds. The minimum Gasteiger partial charge on any atom is -0.329 e. The molecule has 1 radical (unpaired) electrons. The summed E-state index contributed by atoms with van der Waals surface area (Å²) in [4.78, 5) is 15.3. The lowest BCUT2D eigenvalue weighted by Crippen LogP contribution is -1.98. The van der Waals surface area contributed by atoms with Crippen LogP contribution in [-0.4, -0.2) is 10.9 Å². The smallest absolute Gasteiger partial charge is 0.269 e. The fraction of sp³-hybridized carbons (Fsp3) is 0. The van der Waals surface area contributed by atoms with Crippen LogP contribution in [0.2, 0.25) is 0 Å². The molecule has 27 heavy (non-hydrogen) atoms. The molecule has 133 valence electrons. The molecule has 0 fully saturated rings. The van der Waals surface area contributed by atoms with Crippen LogP contribution in [0.25, 0.3) is 21.3 Å². The minimum absolute atomic E-state index is 0.260. The van der Waals surface area contributed by atoms with E-state index in [2.05, 4.69) is 10.3 Å². The van der Waals surface area contributed by atoms with Crippen LogP contribution in [0.1, 0.15) is 10.4 Å². The summed E-state index contributed by atoms with van der Waals surface area (Å²) in [6, 6.07) is 15.5. The van der Waals surface area contributed by atoms with Gasteiger partial charge in [-0.2, -0.15) is 0 Å². The van der Waals surface area contributed by atoms with Gasteiger partial charge in [0.05, 0.1) is 15.9 Å². The van der Waals surface area contributed by atoms with E-state index >= 15 is 0 Å². The van der Waals surface area contributed by atoms with E-state index in [1.54, 1.807) is 30.3 Å². The Morgan fingerprint density at radius 3 is 2.41 bits per heavy atom. The number of anilines is 2. The van der Waals surface area contributed by atoms with Crippen LogP contribution in [0.15, 0.2) is 60.7 Å². The van der Waals surface area contributed by atoms with Crippen molar-refractivity contribution in [1.29, 1.82) is 0 Å². The average molecular weight is 380 g/mol. The fourth-order valence-electron chi connectivity index (χ4n) is 2.68. The highest BCUT2D eigenvalue weighted by atomic mass is 32.1. The monoisotopic (exact) mass is 380 g/mol. The zero-order chi connectivity index (χ0) is 19.0. The van der Waals surface area contributed by atoms with Gasteiger partial charge in [-0.05, 0) is 53.6 Å². The Morgan fingerprint density at radius 1 is 0.963 bits per heavy atom. The van der Waals surface area contributed by atoms with E-state index in [0.717, 1.165) is 5.56 Å². The molecule has 4 nitrogen and oxygen atoms in total. The van der Waals surface area contributed by atoms with Crippen molar-refractivity contribution in [1.82, 2.24) is 10.7 Å². The predicted octanol–water partition coefficient (Wildman–Crippen LogP) is 5.41. The van der Waals surface area contributed by atoms with Crippen LogP contribution in [0.5, 0.6) is 0 Å². The summed E-state index contributed by atoms with van der Waals surface area (Å²) in [5.74, 6) is -1.56. The van der Waals surface area contributed by atoms with Crippen LogP contribution in [-0.2, 0) is 0 Å². The Kier molecular flexibility index (Phi) is 4.29. The van der Waals surface area contributed by atoms with Gasteiger partial charge < -0.3 is 5.32 Å². The highest BCUT2D eigenvalue weighted by molar-refractivity contribution is 7.22. The molecule has 0 bridgehead atoms. The molecule has 0 atom stereocenters. The molecule has 3 aromatic carbocycles. The number of hydrogen-bond donors (Lipinski definition) is 1. The van der Waals surface area contributed by atoms with Gasteiger partial charge in [0.25, 0.3) is 5.91 Å². The number of halogens is 2. The number of rotatable bonds is 4. The Morgan fingerprint density at radius 2 is 1.70 bits per heavy atom. The number of carbonyl (C=O) groups is 1. The highest BCUT2D eigenvalue weighted by Gasteiger charge is 2.10. The van der Waals surface area contributed by atoms with Crippen molar-refractivity contribution in [3.8, 4) is 11.1 Å². The number of thiazole rings is 1. The molecule has 0 aliphatic carbocycles. The van der Waals surface area contributed by atoms with Crippen molar-refractivity contribution < 1.29 is 13.6 Å². The fourth-order valence-corrected chi connectivity index (χ4v) is 3.58. The van der Waals surface area contributed by atoms with Gasteiger partial charge in [0.1, 0.15) is 11.6 Å². The van der Waals surface area contributed by atoms with Crippen molar-refractivity contribution in [2.45, 2.75) is 0 Å². The van der Waals surface area contributed by atoms with Gasteiger partial charge in [-0.3, -0.25) is 10.5 Å². The molecule has 2 N–H and O–H groups in total. The quantitative estimate of drug-likeness (QED) is 0.515. The second kappa shape index (κ2) is 6.77. The number of nitrogens with zero attached hydrogens (tertiary/aromatic N) is 1. The third-order valence-corrected chi connectivity index (χ3v) is 4.98. The number of benzene rings is 3. The molecular formula is C20H12F2N3OS. The second-order valence-electron chi connectivity index (χ2n) is 5.86. The largest absolute Gasteiger partial charge is 0.329 e.